The Bertz CT molecular complexity index is 635. The first-order valence-corrected chi connectivity index (χ1v) is 7.61. The molecule has 1 aromatic rings. The number of nitriles is 1. The smallest absolute Gasteiger partial charge is 0.329 e. The van der Waals surface area contributed by atoms with Crippen LogP contribution in [0, 0.1) is 16.7 Å². The van der Waals surface area contributed by atoms with Gasteiger partial charge in [0.15, 0.2) is 5.41 Å². The Morgan fingerprint density at radius 2 is 2.22 bits per heavy atom. The van der Waals surface area contributed by atoms with Crippen molar-refractivity contribution < 1.29 is 14.3 Å². The summed E-state index contributed by atoms with van der Waals surface area (Å²) in [5.74, 6) is -0.839. The van der Waals surface area contributed by atoms with Gasteiger partial charge >= 0.3 is 5.97 Å². The van der Waals surface area contributed by atoms with Crippen LogP contribution in [0.2, 0.25) is 0 Å². The van der Waals surface area contributed by atoms with Crippen LogP contribution in [0.15, 0.2) is 43.0 Å². The highest BCUT2D eigenvalue weighted by Gasteiger charge is 2.57. The highest BCUT2D eigenvalue weighted by atomic mass is 16.5. The molecule has 23 heavy (non-hydrogen) atoms. The number of hydrogen-bond donors (Lipinski definition) is 0. The van der Waals surface area contributed by atoms with E-state index in [9.17, 15) is 14.9 Å². The Balaban J connectivity index is 2.36. The van der Waals surface area contributed by atoms with Gasteiger partial charge in [-0.15, -0.1) is 6.58 Å². The van der Waals surface area contributed by atoms with Crippen LogP contribution in [0.25, 0.3) is 0 Å². The molecule has 1 heterocycles. The molecule has 5 nitrogen and oxygen atoms in total. The number of ether oxygens (including phenoxy) is 1. The molecule has 0 saturated carbocycles. The van der Waals surface area contributed by atoms with E-state index in [2.05, 4.69) is 12.6 Å². The normalized spacial score (nSPS) is 23.4. The Labute approximate surface area is 136 Å². The van der Waals surface area contributed by atoms with Crippen molar-refractivity contribution in [3.8, 4) is 6.07 Å². The van der Waals surface area contributed by atoms with Gasteiger partial charge in [-0.05, 0) is 18.9 Å². The van der Waals surface area contributed by atoms with E-state index in [1.165, 1.54) is 0 Å². The van der Waals surface area contributed by atoms with Gasteiger partial charge in [-0.2, -0.15) is 5.26 Å². The van der Waals surface area contributed by atoms with Gasteiger partial charge in [0.1, 0.15) is 0 Å². The fraction of sp³-hybridized carbons (Fsp3) is 0.389. The van der Waals surface area contributed by atoms with Crippen LogP contribution in [0.1, 0.15) is 25.3 Å². The number of esters is 1. The van der Waals surface area contributed by atoms with Crippen molar-refractivity contribution >= 4 is 11.9 Å². The van der Waals surface area contributed by atoms with Crippen molar-refractivity contribution in [1.82, 2.24) is 4.90 Å². The number of carbonyl (C=O) groups is 2. The lowest BCUT2D eigenvalue weighted by atomic mass is 9.80. The van der Waals surface area contributed by atoms with Crippen LogP contribution in [0.3, 0.4) is 0 Å². The van der Waals surface area contributed by atoms with Gasteiger partial charge in [0.25, 0.3) is 0 Å². The Kier molecular flexibility index (Phi) is 5.17. The first-order valence-electron chi connectivity index (χ1n) is 7.61. The molecule has 1 aliphatic heterocycles. The number of carbonyl (C=O) groups excluding carboxylic acids is 2. The molecular weight excluding hydrogens is 292 g/mol. The van der Waals surface area contributed by atoms with Crippen molar-refractivity contribution in [3.05, 3.63) is 48.6 Å². The van der Waals surface area contributed by atoms with Crippen LogP contribution in [-0.4, -0.2) is 29.4 Å². The average molecular weight is 312 g/mol. The molecule has 1 saturated heterocycles. The number of amides is 1. The number of hydrogen-bond acceptors (Lipinski definition) is 4. The van der Waals surface area contributed by atoms with Crippen molar-refractivity contribution in [2.45, 2.75) is 32.4 Å². The SMILES string of the molecule is C=CC[C@@H]1N(Cc2ccccc2)C(=O)C[C@@]1(C#N)C(=O)OCC. The summed E-state index contributed by atoms with van der Waals surface area (Å²) >= 11 is 0. The minimum absolute atomic E-state index is 0.145. The molecule has 0 bridgehead atoms. The molecule has 0 aromatic heterocycles. The minimum Gasteiger partial charge on any atom is -0.465 e. The molecule has 1 fully saturated rings. The monoisotopic (exact) mass is 312 g/mol. The first kappa shape index (κ1) is 16.8. The van der Waals surface area contributed by atoms with E-state index in [1.54, 1.807) is 17.9 Å². The third kappa shape index (κ3) is 3.11. The standard InChI is InChI=1S/C18H20N2O3/c1-3-8-15-18(13-19,17(22)23-4-2)11-16(21)20(15)12-14-9-6-5-7-10-14/h3,5-7,9-10,15H,1,4,8,11-12H2,2H3/t15-,18-/m0/s1. The van der Waals surface area contributed by atoms with Crippen molar-refractivity contribution in [3.63, 3.8) is 0 Å². The van der Waals surface area contributed by atoms with E-state index in [0.717, 1.165) is 5.56 Å². The van der Waals surface area contributed by atoms with Gasteiger partial charge in [0, 0.05) is 6.54 Å². The van der Waals surface area contributed by atoms with Crippen molar-refractivity contribution in [2.24, 2.45) is 5.41 Å². The van der Waals surface area contributed by atoms with E-state index >= 15 is 0 Å². The third-order valence-corrected chi connectivity index (χ3v) is 4.12. The third-order valence-electron chi connectivity index (χ3n) is 4.12. The maximum Gasteiger partial charge on any atom is 0.329 e. The molecule has 2 atom stereocenters. The van der Waals surface area contributed by atoms with E-state index in [0.29, 0.717) is 13.0 Å². The lowest BCUT2D eigenvalue weighted by molar-refractivity contribution is -0.153. The Morgan fingerprint density at radius 3 is 2.78 bits per heavy atom. The number of benzene rings is 1. The number of rotatable bonds is 6. The molecule has 120 valence electrons. The molecule has 0 unspecified atom stereocenters. The molecule has 1 amide bonds. The van der Waals surface area contributed by atoms with Gasteiger partial charge in [-0.3, -0.25) is 9.59 Å². The van der Waals surface area contributed by atoms with Crippen LogP contribution < -0.4 is 0 Å². The summed E-state index contributed by atoms with van der Waals surface area (Å²) in [4.78, 5) is 26.4. The van der Waals surface area contributed by atoms with Gasteiger partial charge in [-0.1, -0.05) is 36.4 Å². The Hall–Kier alpha value is -2.61. The zero-order valence-corrected chi connectivity index (χ0v) is 13.2. The quantitative estimate of drug-likeness (QED) is 0.597. The molecule has 1 aliphatic rings. The maximum atomic E-state index is 12.5. The summed E-state index contributed by atoms with van der Waals surface area (Å²) in [6, 6.07) is 11.0. The highest BCUT2D eigenvalue weighted by molar-refractivity contribution is 5.93. The summed E-state index contributed by atoms with van der Waals surface area (Å²) in [6.45, 7) is 5.92. The topological polar surface area (TPSA) is 70.4 Å². The zero-order valence-electron chi connectivity index (χ0n) is 13.2. The van der Waals surface area contributed by atoms with E-state index in [4.69, 9.17) is 4.74 Å². The first-order chi connectivity index (χ1) is 11.1. The highest BCUT2D eigenvalue weighted by Crippen LogP contribution is 2.41. The van der Waals surface area contributed by atoms with Crippen LogP contribution >= 0.6 is 0 Å². The predicted molar refractivity (Wildman–Crippen MR) is 84.9 cm³/mol. The summed E-state index contributed by atoms with van der Waals surface area (Å²) < 4.78 is 5.07. The molecule has 5 heteroatoms. The van der Waals surface area contributed by atoms with E-state index in [-0.39, 0.29) is 18.9 Å². The van der Waals surface area contributed by atoms with Crippen LogP contribution in [-0.2, 0) is 20.9 Å². The Morgan fingerprint density at radius 1 is 1.52 bits per heavy atom. The van der Waals surface area contributed by atoms with E-state index < -0.39 is 17.4 Å². The number of nitrogens with zero attached hydrogens (tertiary/aromatic N) is 2. The molecule has 0 spiro atoms. The van der Waals surface area contributed by atoms with Crippen molar-refractivity contribution in [2.75, 3.05) is 6.61 Å². The lowest BCUT2D eigenvalue weighted by Gasteiger charge is -2.30. The number of likely N-dealkylation sites (tertiary alicyclic amines) is 1. The second-order valence-corrected chi connectivity index (χ2v) is 5.53. The van der Waals surface area contributed by atoms with Gasteiger partial charge in [0.2, 0.25) is 5.91 Å². The van der Waals surface area contributed by atoms with Gasteiger partial charge < -0.3 is 9.64 Å². The molecule has 0 aliphatic carbocycles. The molecule has 0 N–H and O–H groups in total. The summed E-state index contributed by atoms with van der Waals surface area (Å²) in [7, 11) is 0. The summed E-state index contributed by atoms with van der Waals surface area (Å²) in [5.41, 5.74) is -0.511. The zero-order chi connectivity index (χ0) is 16.9. The lowest BCUT2D eigenvalue weighted by Crippen LogP contribution is -2.44. The van der Waals surface area contributed by atoms with E-state index in [1.807, 2.05) is 30.3 Å². The second kappa shape index (κ2) is 7.10. The summed E-state index contributed by atoms with van der Waals surface area (Å²) in [5, 5.41) is 9.65. The fourth-order valence-electron chi connectivity index (χ4n) is 2.99. The summed E-state index contributed by atoms with van der Waals surface area (Å²) in [6.07, 6.45) is 1.85. The van der Waals surface area contributed by atoms with Gasteiger partial charge in [-0.25, -0.2) is 0 Å². The molecule has 1 aromatic carbocycles. The van der Waals surface area contributed by atoms with Crippen LogP contribution in [0.5, 0.6) is 0 Å². The maximum absolute atomic E-state index is 12.5. The average Bonchev–Trinajstić information content (AvgIpc) is 2.83. The molecule has 0 radical (unpaired) electrons. The minimum atomic E-state index is -1.46. The van der Waals surface area contributed by atoms with Crippen LogP contribution in [0.4, 0.5) is 0 Å². The fourth-order valence-corrected chi connectivity index (χ4v) is 2.99. The largest absolute Gasteiger partial charge is 0.465 e. The van der Waals surface area contributed by atoms with Crippen molar-refractivity contribution in [1.29, 1.82) is 5.26 Å². The predicted octanol–water partition coefficient (Wildman–Crippen LogP) is 2.44. The molecular formula is C18H20N2O3. The second-order valence-electron chi connectivity index (χ2n) is 5.53. The molecule has 2 rings (SSSR count). The van der Waals surface area contributed by atoms with Gasteiger partial charge in [0.05, 0.1) is 25.1 Å².